The molecule has 0 saturated heterocycles. The molecule has 1 heterocycles. The van der Waals surface area contributed by atoms with Gasteiger partial charge in [-0.2, -0.15) is 0 Å². The monoisotopic (exact) mass is 488 g/mol. The summed E-state index contributed by atoms with van der Waals surface area (Å²) >= 11 is 12.3. The van der Waals surface area contributed by atoms with Crippen LogP contribution in [-0.2, 0) is 23.0 Å². The number of para-hydroxylation sites is 1. The Balaban J connectivity index is 1.59. The molecule has 166 valence electrons. The molecule has 1 amide bonds. The average molecular weight is 489 g/mol. The molecule has 0 spiro atoms. The highest BCUT2D eigenvalue weighted by Gasteiger charge is 2.31. The van der Waals surface area contributed by atoms with Crippen LogP contribution in [0, 0.1) is 0 Å². The van der Waals surface area contributed by atoms with E-state index in [9.17, 15) is 13.2 Å². The molecule has 1 aliphatic rings. The van der Waals surface area contributed by atoms with Gasteiger partial charge in [0.15, 0.2) is 0 Å². The smallest absolute Gasteiger partial charge is 0.258 e. The van der Waals surface area contributed by atoms with Crippen molar-refractivity contribution in [3.8, 4) is 0 Å². The van der Waals surface area contributed by atoms with Gasteiger partial charge in [-0.05, 0) is 54.8 Å². The van der Waals surface area contributed by atoms with Gasteiger partial charge in [0.2, 0.25) is 10.0 Å². The number of amides is 1. The number of carbonyl (C=O) groups is 1. The van der Waals surface area contributed by atoms with Crippen molar-refractivity contribution < 1.29 is 13.2 Å². The van der Waals surface area contributed by atoms with Gasteiger partial charge in [-0.3, -0.25) is 9.10 Å². The number of fused-ring (bicyclic) bond motifs is 1. The van der Waals surface area contributed by atoms with E-state index in [0.29, 0.717) is 11.3 Å². The summed E-state index contributed by atoms with van der Waals surface area (Å²) in [5.41, 5.74) is 3.67. The largest absolute Gasteiger partial charge is 0.305 e. The third-order valence-electron chi connectivity index (χ3n) is 5.55. The van der Waals surface area contributed by atoms with Crippen LogP contribution >= 0.6 is 23.2 Å². The molecule has 5 nitrogen and oxygen atoms in total. The second-order valence-electron chi connectivity index (χ2n) is 7.90. The molecule has 0 fully saturated rings. The van der Waals surface area contributed by atoms with E-state index in [1.165, 1.54) is 4.31 Å². The number of hydrogen-bond acceptors (Lipinski definition) is 3. The number of anilines is 2. The van der Waals surface area contributed by atoms with Crippen molar-refractivity contribution >= 4 is 50.5 Å². The van der Waals surface area contributed by atoms with Crippen LogP contribution in [0.15, 0.2) is 66.7 Å². The second-order valence-corrected chi connectivity index (χ2v) is 10.6. The van der Waals surface area contributed by atoms with Crippen molar-refractivity contribution in [1.82, 2.24) is 0 Å². The quantitative estimate of drug-likeness (QED) is 0.472. The molecule has 3 aromatic carbocycles. The SMILES string of the molecule is C[C@@H]1Cc2ccccc2N1C(=O)c1ccc(CN(c2cccc(Cl)c2Cl)S(C)(=O)=O)cc1. The number of halogens is 2. The zero-order chi connectivity index (χ0) is 23.0. The summed E-state index contributed by atoms with van der Waals surface area (Å²) in [6.07, 6.45) is 1.94. The van der Waals surface area contributed by atoms with Crippen LogP contribution in [0.25, 0.3) is 0 Å². The van der Waals surface area contributed by atoms with E-state index in [-0.39, 0.29) is 28.5 Å². The van der Waals surface area contributed by atoms with Crippen molar-refractivity contribution in [2.24, 2.45) is 0 Å². The van der Waals surface area contributed by atoms with Crippen LogP contribution < -0.4 is 9.21 Å². The van der Waals surface area contributed by atoms with Gasteiger partial charge in [0, 0.05) is 17.3 Å². The summed E-state index contributed by atoms with van der Waals surface area (Å²) in [5, 5.41) is 0.451. The van der Waals surface area contributed by atoms with E-state index in [2.05, 4.69) is 0 Å². The fourth-order valence-electron chi connectivity index (χ4n) is 4.00. The number of carbonyl (C=O) groups excluding carboxylic acids is 1. The zero-order valence-corrected chi connectivity index (χ0v) is 20.0. The lowest BCUT2D eigenvalue weighted by Crippen LogP contribution is -2.35. The fourth-order valence-corrected chi connectivity index (χ4v) is 5.34. The van der Waals surface area contributed by atoms with Gasteiger partial charge >= 0.3 is 0 Å². The van der Waals surface area contributed by atoms with Crippen molar-refractivity contribution in [3.05, 3.63) is 93.5 Å². The Morgan fingerprint density at radius 3 is 2.41 bits per heavy atom. The molecule has 1 aliphatic heterocycles. The van der Waals surface area contributed by atoms with E-state index < -0.39 is 10.0 Å². The summed E-state index contributed by atoms with van der Waals surface area (Å²) in [5.74, 6) is -0.0770. The van der Waals surface area contributed by atoms with Crippen molar-refractivity contribution in [2.45, 2.75) is 25.9 Å². The molecule has 0 aliphatic carbocycles. The highest BCUT2D eigenvalue weighted by Crippen LogP contribution is 2.35. The number of nitrogens with zero attached hydrogens (tertiary/aromatic N) is 2. The summed E-state index contributed by atoms with van der Waals surface area (Å²) in [4.78, 5) is 15.0. The Morgan fingerprint density at radius 1 is 1.03 bits per heavy atom. The van der Waals surface area contributed by atoms with Crippen LogP contribution in [0.1, 0.15) is 28.4 Å². The lowest BCUT2D eigenvalue weighted by Gasteiger charge is -2.25. The molecule has 0 saturated carbocycles. The minimum Gasteiger partial charge on any atom is -0.305 e. The first-order valence-corrected chi connectivity index (χ1v) is 12.7. The number of hydrogen-bond donors (Lipinski definition) is 0. The van der Waals surface area contributed by atoms with E-state index in [1.807, 2.05) is 36.1 Å². The predicted molar refractivity (Wildman–Crippen MR) is 130 cm³/mol. The lowest BCUT2D eigenvalue weighted by atomic mass is 10.1. The molecule has 0 bridgehead atoms. The van der Waals surface area contributed by atoms with Gasteiger partial charge in [0.05, 0.1) is 28.5 Å². The topological polar surface area (TPSA) is 57.7 Å². The van der Waals surface area contributed by atoms with Crippen molar-refractivity contribution in [1.29, 1.82) is 0 Å². The predicted octanol–water partition coefficient (Wildman–Crippen LogP) is 5.55. The molecule has 4 rings (SSSR count). The number of sulfonamides is 1. The maximum Gasteiger partial charge on any atom is 0.258 e. The van der Waals surface area contributed by atoms with E-state index in [0.717, 1.165) is 29.5 Å². The maximum absolute atomic E-state index is 13.2. The molecular weight excluding hydrogens is 467 g/mol. The van der Waals surface area contributed by atoms with E-state index >= 15 is 0 Å². The van der Waals surface area contributed by atoms with E-state index in [1.54, 1.807) is 42.5 Å². The van der Waals surface area contributed by atoms with Gasteiger partial charge < -0.3 is 4.90 Å². The third kappa shape index (κ3) is 4.35. The molecule has 3 aromatic rings. The van der Waals surface area contributed by atoms with Gasteiger partial charge in [-0.25, -0.2) is 8.42 Å². The molecule has 1 atom stereocenters. The van der Waals surface area contributed by atoms with Crippen molar-refractivity contribution in [2.75, 3.05) is 15.5 Å². The van der Waals surface area contributed by atoms with Crippen LogP contribution in [0.2, 0.25) is 10.0 Å². The van der Waals surface area contributed by atoms with E-state index in [4.69, 9.17) is 23.2 Å². The molecular formula is C24H22Cl2N2O3S. The Kier molecular flexibility index (Phi) is 6.21. The normalized spacial score (nSPS) is 15.5. The zero-order valence-electron chi connectivity index (χ0n) is 17.6. The summed E-state index contributed by atoms with van der Waals surface area (Å²) in [7, 11) is -3.62. The molecule has 0 radical (unpaired) electrons. The van der Waals surface area contributed by atoms with Gasteiger partial charge in [0.1, 0.15) is 0 Å². The highest BCUT2D eigenvalue weighted by molar-refractivity contribution is 7.92. The van der Waals surface area contributed by atoms with Gasteiger partial charge in [0.25, 0.3) is 5.91 Å². The molecule has 0 N–H and O–H groups in total. The summed E-state index contributed by atoms with van der Waals surface area (Å²) < 4.78 is 26.1. The minimum absolute atomic E-state index is 0.0658. The molecule has 0 aromatic heterocycles. The lowest BCUT2D eigenvalue weighted by molar-refractivity contribution is 0.0981. The first kappa shape index (κ1) is 22.6. The Morgan fingerprint density at radius 2 is 1.72 bits per heavy atom. The molecule has 0 unspecified atom stereocenters. The summed E-state index contributed by atoms with van der Waals surface area (Å²) in [6, 6.07) is 19.8. The standard InChI is InChI=1S/C24H22Cl2N2O3S/c1-16-14-19-6-3-4-8-21(19)28(16)24(29)18-12-10-17(11-13-18)15-27(32(2,30)31)22-9-5-7-20(25)23(22)26/h3-13,16H,14-15H2,1-2H3/t16-/m1/s1. The first-order chi connectivity index (χ1) is 15.2. The van der Waals surface area contributed by atoms with Crippen LogP contribution in [-0.4, -0.2) is 26.6 Å². The first-order valence-electron chi connectivity index (χ1n) is 10.1. The average Bonchev–Trinajstić information content (AvgIpc) is 3.09. The van der Waals surface area contributed by atoms with Gasteiger partial charge in [-0.1, -0.05) is 59.6 Å². The fraction of sp³-hybridized carbons (Fsp3) is 0.208. The van der Waals surface area contributed by atoms with Gasteiger partial charge in [-0.15, -0.1) is 0 Å². The Labute approximate surface area is 198 Å². The van der Waals surface area contributed by atoms with Crippen LogP contribution in [0.5, 0.6) is 0 Å². The number of rotatable bonds is 5. The second kappa shape index (κ2) is 8.77. The minimum atomic E-state index is -3.62. The summed E-state index contributed by atoms with van der Waals surface area (Å²) in [6.45, 7) is 2.10. The number of benzene rings is 3. The Bertz CT molecular complexity index is 1280. The molecule has 8 heteroatoms. The highest BCUT2D eigenvalue weighted by atomic mass is 35.5. The third-order valence-corrected chi connectivity index (χ3v) is 7.49. The maximum atomic E-state index is 13.2. The Hall–Kier alpha value is -2.54. The van der Waals surface area contributed by atoms with Crippen LogP contribution in [0.3, 0.4) is 0 Å². The molecule has 32 heavy (non-hydrogen) atoms. The van der Waals surface area contributed by atoms with Crippen LogP contribution in [0.4, 0.5) is 11.4 Å². The van der Waals surface area contributed by atoms with Crippen molar-refractivity contribution in [3.63, 3.8) is 0 Å².